The highest BCUT2D eigenvalue weighted by Gasteiger charge is 2.03. The van der Waals surface area contributed by atoms with Gasteiger partial charge in [-0.1, -0.05) is 23.2 Å². The van der Waals surface area contributed by atoms with Gasteiger partial charge < -0.3 is 10.6 Å². The SMILES string of the molecule is Br.Clc1cc(Cl)cc(CCNC2=NCCCCN2)c1. The molecule has 0 aliphatic carbocycles. The zero-order chi connectivity index (χ0) is 12.8. The van der Waals surface area contributed by atoms with Crippen LogP contribution in [0.5, 0.6) is 0 Å². The predicted molar refractivity (Wildman–Crippen MR) is 88.0 cm³/mol. The number of nitrogens with zero attached hydrogens (tertiary/aromatic N) is 1. The van der Waals surface area contributed by atoms with E-state index in [1.165, 1.54) is 6.42 Å². The van der Waals surface area contributed by atoms with Gasteiger partial charge in [0.25, 0.3) is 0 Å². The molecule has 0 bridgehead atoms. The molecule has 0 saturated heterocycles. The van der Waals surface area contributed by atoms with Gasteiger partial charge in [-0.3, -0.25) is 4.99 Å². The molecule has 0 atom stereocenters. The zero-order valence-corrected chi connectivity index (χ0v) is 13.8. The Bertz CT molecular complexity index is 418. The van der Waals surface area contributed by atoms with Gasteiger partial charge in [-0.05, 0) is 43.0 Å². The highest BCUT2D eigenvalue weighted by atomic mass is 79.9. The number of benzene rings is 1. The van der Waals surface area contributed by atoms with Crippen LogP contribution < -0.4 is 10.6 Å². The lowest BCUT2D eigenvalue weighted by Crippen LogP contribution is -2.38. The summed E-state index contributed by atoms with van der Waals surface area (Å²) in [4.78, 5) is 4.43. The van der Waals surface area contributed by atoms with Crippen LogP contribution in [-0.2, 0) is 6.42 Å². The van der Waals surface area contributed by atoms with E-state index in [4.69, 9.17) is 23.2 Å². The van der Waals surface area contributed by atoms with E-state index >= 15 is 0 Å². The number of rotatable bonds is 3. The van der Waals surface area contributed by atoms with Crippen LogP contribution in [-0.4, -0.2) is 25.6 Å². The summed E-state index contributed by atoms with van der Waals surface area (Å²) in [7, 11) is 0. The third kappa shape index (κ3) is 6.02. The van der Waals surface area contributed by atoms with Crippen molar-refractivity contribution in [3.05, 3.63) is 33.8 Å². The minimum absolute atomic E-state index is 0. The first-order valence-corrected chi connectivity index (χ1v) is 6.97. The number of aliphatic imine (C=N–C) groups is 1. The van der Waals surface area contributed by atoms with Gasteiger partial charge in [0, 0.05) is 29.7 Å². The molecule has 1 aromatic rings. The van der Waals surface area contributed by atoms with E-state index < -0.39 is 0 Å². The van der Waals surface area contributed by atoms with Crippen LogP contribution in [0.3, 0.4) is 0 Å². The minimum Gasteiger partial charge on any atom is -0.356 e. The van der Waals surface area contributed by atoms with Gasteiger partial charge in [-0.2, -0.15) is 0 Å². The lowest BCUT2D eigenvalue weighted by Gasteiger charge is -2.10. The van der Waals surface area contributed by atoms with Gasteiger partial charge in [0.05, 0.1) is 0 Å². The zero-order valence-electron chi connectivity index (χ0n) is 10.6. The number of hydrogen-bond acceptors (Lipinski definition) is 3. The molecule has 1 aliphatic heterocycles. The molecule has 1 aromatic carbocycles. The van der Waals surface area contributed by atoms with E-state index in [0.29, 0.717) is 10.0 Å². The summed E-state index contributed by atoms with van der Waals surface area (Å²) in [6, 6.07) is 5.63. The normalized spacial score (nSPS) is 14.7. The summed E-state index contributed by atoms with van der Waals surface area (Å²) in [6.07, 6.45) is 3.21. The molecule has 2 rings (SSSR count). The molecule has 106 valence electrons. The van der Waals surface area contributed by atoms with Crippen LogP contribution in [0.1, 0.15) is 18.4 Å². The van der Waals surface area contributed by atoms with Crippen molar-refractivity contribution in [3.63, 3.8) is 0 Å². The molecule has 0 saturated carbocycles. The average molecular weight is 367 g/mol. The lowest BCUT2D eigenvalue weighted by molar-refractivity contribution is 0.741. The molecule has 2 N–H and O–H groups in total. The predicted octanol–water partition coefficient (Wildman–Crippen LogP) is 3.44. The maximum Gasteiger partial charge on any atom is 0.191 e. The van der Waals surface area contributed by atoms with Crippen molar-refractivity contribution in [1.82, 2.24) is 10.6 Å². The highest BCUT2D eigenvalue weighted by molar-refractivity contribution is 8.93. The molecule has 1 aliphatic rings. The van der Waals surface area contributed by atoms with E-state index in [9.17, 15) is 0 Å². The van der Waals surface area contributed by atoms with Crippen LogP contribution in [0.25, 0.3) is 0 Å². The smallest absolute Gasteiger partial charge is 0.191 e. The Labute approximate surface area is 134 Å². The Morgan fingerprint density at radius 2 is 1.89 bits per heavy atom. The minimum atomic E-state index is 0. The Kier molecular flexibility index (Phi) is 7.57. The Hall–Kier alpha value is -0.450. The molecular weight excluding hydrogens is 349 g/mol. The second-order valence-electron chi connectivity index (χ2n) is 4.32. The van der Waals surface area contributed by atoms with E-state index in [1.807, 2.05) is 12.1 Å². The first kappa shape index (κ1) is 16.6. The summed E-state index contributed by atoms with van der Waals surface area (Å²) in [6.45, 7) is 2.72. The maximum atomic E-state index is 5.96. The van der Waals surface area contributed by atoms with Gasteiger partial charge in [0.1, 0.15) is 0 Å². The Morgan fingerprint density at radius 3 is 2.63 bits per heavy atom. The largest absolute Gasteiger partial charge is 0.356 e. The maximum absolute atomic E-state index is 5.96. The second-order valence-corrected chi connectivity index (χ2v) is 5.19. The van der Waals surface area contributed by atoms with Crippen LogP contribution in [0.4, 0.5) is 0 Å². The molecule has 0 fully saturated rings. The van der Waals surface area contributed by atoms with Crippen molar-refractivity contribution in [2.24, 2.45) is 4.99 Å². The fraction of sp³-hybridized carbons (Fsp3) is 0.462. The number of halogens is 3. The van der Waals surface area contributed by atoms with Gasteiger partial charge in [-0.15, -0.1) is 17.0 Å². The molecule has 1 heterocycles. The summed E-state index contributed by atoms with van der Waals surface area (Å²) < 4.78 is 0. The molecule has 3 nitrogen and oxygen atoms in total. The third-order valence-electron chi connectivity index (χ3n) is 2.78. The van der Waals surface area contributed by atoms with Crippen molar-refractivity contribution in [2.75, 3.05) is 19.6 Å². The highest BCUT2D eigenvalue weighted by Crippen LogP contribution is 2.19. The number of guanidine groups is 1. The molecule has 0 unspecified atom stereocenters. The Balaban J connectivity index is 0.00000180. The topological polar surface area (TPSA) is 36.4 Å². The van der Waals surface area contributed by atoms with Crippen LogP contribution >= 0.6 is 40.2 Å². The Morgan fingerprint density at radius 1 is 1.16 bits per heavy atom. The van der Waals surface area contributed by atoms with Crippen molar-refractivity contribution in [2.45, 2.75) is 19.3 Å². The van der Waals surface area contributed by atoms with E-state index in [2.05, 4.69) is 15.6 Å². The summed E-state index contributed by atoms with van der Waals surface area (Å²) in [5, 5.41) is 7.94. The molecular formula is C13H18BrCl2N3. The molecule has 19 heavy (non-hydrogen) atoms. The first-order valence-electron chi connectivity index (χ1n) is 6.21. The molecule has 0 radical (unpaired) electrons. The third-order valence-corrected chi connectivity index (χ3v) is 3.21. The van der Waals surface area contributed by atoms with Crippen molar-refractivity contribution >= 4 is 46.1 Å². The van der Waals surface area contributed by atoms with Crippen LogP contribution in [0.15, 0.2) is 23.2 Å². The standard InChI is InChI=1S/C13H17Cl2N3.BrH/c14-11-7-10(8-12(15)9-11)3-6-18-13-16-4-1-2-5-17-13;/h7-9H,1-6H2,(H2,16,17,18);1H. The van der Waals surface area contributed by atoms with E-state index in [0.717, 1.165) is 44.0 Å². The average Bonchev–Trinajstić information content (AvgIpc) is 2.56. The van der Waals surface area contributed by atoms with E-state index in [1.54, 1.807) is 6.07 Å². The fourth-order valence-electron chi connectivity index (χ4n) is 1.89. The van der Waals surface area contributed by atoms with Gasteiger partial charge in [0.15, 0.2) is 5.96 Å². The fourth-order valence-corrected chi connectivity index (χ4v) is 2.46. The molecule has 0 amide bonds. The van der Waals surface area contributed by atoms with Crippen LogP contribution in [0, 0.1) is 0 Å². The van der Waals surface area contributed by atoms with Gasteiger partial charge >= 0.3 is 0 Å². The monoisotopic (exact) mass is 365 g/mol. The van der Waals surface area contributed by atoms with E-state index in [-0.39, 0.29) is 17.0 Å². The summed E-state index contributed by atoms with van der Waals surface area (Å²) >= 11 is 11.9. The summed E-state index contributed by atoms with van der Waals surface area (Å²) in [5.74, 6) is 0.903. The molecule has 6 heteroatoms. The molecule has 0 spiro atoms. The van der Waals surface area contributed by atoms with Crippen molar-refractivity contribution < 1.29 is 0 Å². The molecule has 0 aromatic heterocycles. The van der Waals surface area contributed by atoms with Gasteiger partial charge in [0.2, 0.25) is 0 Å². The lowest BCUT2D eigenvalue weighted by atomic mass is 10.1. The number of nitrogens with one attached hydrogen (secondary N) is 2. The van der Waals surface area contributed by atoms with Crippen molar-refractivity contribution in [1.29, 1.82) is 0 Å². The summed E-state index contributed by atoms with van der Waals surface area (Å²) in [5.41, 5.74) is 1.13. The van der Waals surface area contributed by atoms with Gasteiger partial charge in [-0.25, -0.2) is 0 Å². The van der Waals surface area contributed by atoms with Crippen LogP contribution in [0.2, 0.25) is 10.0 Å². The first-order chi connectivity index (χ1) is 8.74. The quantitative estimate of drug-likeness (QED) is 0.859. The second kappa shape index (κ2) is 8.67. The van der Waals surface area contributed by atoms with Crippen molar-refractivity contribution in [3.8, 4) is 0 Å². The number of hydrogen-bond donors (Lipinski definition) is 2.